The quantitative estimate of drug-likeness (QED) is 0.189. The van der Waals surface area contributed by atoms with Gasteiger partial charge in [0.05, 0.1) is 10.0 Å². The maximum atomic E-state index is 6.94. The van der Waals surface area contributed by atoms with Crippen molar-refractivity contribution in [3.8, 4) is 22.3 Å². The van der Waals surface area contributed by atoms with Crippen molar-refractivity contribution in [3.63, 3.8) is 0 Å². The van der Waals surface area contributed by atoms with E-state index in [2.05, 4.69) is 0 Å². The Hall–Kier alpha value is -2.16. The Labute approximate surface area is 237 Å². The minimum atomic E-state index is 0.578. The number of fused-ring (bicyclic) bond motifs is 3. The lowest BCUT2D eigenvalue weighted by atomic mass is 9.95. The fourth-order valence-electron chi connectivity index (χ4n) is 4.69. The predicted molar refractivity (Wildman–Crippen MR) is 160 cm³/mol. The molecule has 6 heteroatoms. The summed E-state index contributed by atoms with van der Waals surface area (Å²) in [6, 6.07) is 27.2. The molecular weight excluding hydrogens is 573 g/mol. The van der Waals surface area contributed by atoms with Crippen LogP contribution in [0.25, 0.3) is 54.6 Å². The summed E-state index contributed by atoms with van der Waals surface area (Å²) in [6.07, 6.45) is 0. The van der Waals surface area contributed by atoms with Crippen molar-refractivity contribution in [2.45, 2.75) is 0 Å². The van der Waals surface area contributed by atoms with Crippen LogP contribution < -0.4 is 0 Å². The van der Waals surface area contributed by atoms with Gasteiger partial charge in [0.25, 0.3) is 0 Å². The third-order valence-electron chi connectivity index (χ3n) is 6.45. The van der Waals surface area contributed by atoms with Crippen molar-refractivity contribution in [2.24, 2.45) is 0 Å². The predicted octanol–water partition coefficient (Wildman–Crippen LogP) is 12.4. The fraction of sp³-hybridized carbons (Fsp3) is 0. The highest BCUT2D eigenvalue weighted by Gasteiger charge is 2.15. The second-order valence-electron chi connectivity index (χ2n) is 8.57. The largest absolute Gasteiger partial charge is 0.0843 e. The van der Waals surface area contributed by atoms with Crippen LogP contribution in [-0.2, 0) is 0 Å². The van der Waals surface area contributed by atoms with Gasteiger partial charge in [-0.05, 0) is 52.9 Å². The molecule has 0 bridgehead atoms. The van der Waals surface area contributed by atoms with Crippen molar-refractivity contribution in [3.05, 3.63) is 115 Å². The highest BCUT2D eigenvalue weighted by molar-refractivity contribution is 6.44. The highest BCUT2D eigenvalue weighted by Crippen LogP contribution is 2.43. The zero-order valence-electron chi connectivity index (χ0n) is 18.4. The molecule has 0 amide bonds. The maximum absolute atomic E-state index is 6.94. The molecule has 0 fully saturated rings. The van der Waals surface area contributed by atoms with Crippen LogP contribution in [0.5, 0.6) is 0 Å². The van der Waals surface area contributed by atoms with Gasteiger partial charge in [0.2, 0.25) is 0 Å². The van der Waals surface area contributed by atoms with Crippen LogP contribution in [0.3, 0.4) is 0 Å². The Morgan fingerprint density at radius 3 is 1.83 bits per heavy atom. The van der Waals surface area contributed by atoms with Gasteiger partial charge < -0.3 is 0 Å². The normalized spacial score (nSPS) is 11.6. The molecule has 0 radical (unpaired) electrons. The monoisotopic (exact) mass is 584 g/mol. The summed E-state index contributed by atoms with van der Waals surface area (Å²) in [5, 5.41) is 9.06. The fourth-order valence-corrected chi connectivity index (χ4v) is 6.43. The molecule has 0 aliphatic heterocycles. The molecule has 0 aliphatic carbocycles. The summed E-state index contributed by atoms with van der Waals surface area (Å²) in [4.78, 5) is 0. The Morgan fingerprint density at radius 2 is 1.03 bits per heavy atom. The molecule has 0 atom stereocenters. The summed E-state index contributed by atoms with van der Waals surface area (Å²) < 4.78 is 0. The lowest BCUT2D eigenvalue weighted by Gasteiger charge is -2.14. The summed E-state index contributed by atoms with van der Waals surface area (Å²) in [5.74, 6) is 0. The highest BCUT2D eigenvalue weighted by atomic mass is 35.5. The first-order valence-corrected chi connectivity index (χ1v) is 13.3. The second-order valence-corrected chi connectivity index (χ2v) is 11.0. The maximum Gasteiger partial charge on any atom is 0.0563 e. The van der Waals surface area contributed by atoms with Gasteiger partial charge in [-0.2, -0.15) is 0 Å². The van der Waals surface area contributed by atoms with Gasteiger partial charge in [0, 0.05) is 58.1 Å². The molecule has 6 aromatic carbocycles. The zero-order chi connectivity index (χ0) is 25.1. The number of benzene rings is 6. The standard InChI is InChI=1S/C30H14Cl6/c31-18-11-17-10-15(4-6-19(17)27(33)13-18)24-14-28(34)25-12-16(5-7-23(25)30(24)36)20-8-9-21-22(29(20)35)2-1-3-26(21)32/h1-14H. The van der Waals surface area contributed by atoms with E-state index in [4.69, 9.17) is 69.6 Å². The molecule has 0 nitrogen and oxygen atoms in total. The molecule has 176 valence electrons. The summed E-state index contributed by atoms with van der Waals surface area (Å²) in [7, 11) is 0. The van der Waals surface area contributed by atoms with E-state index in [0.29, 0.717) is 30.1 Å². The minimum absolute atomic E-state index is 0.578. The van der Waals surface area contributed by atoms with Crippen molar-refractivity contribution >= 4 is 102 Å². The molecule has 0 aromatic heterocycles. The molecule has 0 heterocycles. The van der Waals surface area contributed by atoms with Gasteiger partial charge in [-0.15, -0.1) is 0 Å². The smallest absolute Gasteiger partial charge is 0.0563 e. The summed E-state index contributed by atoms with van der Waals surface area (Å²) in [6.45, 7) is 0. The molecule has 6 rings (SSSR count). The molecule has 0 N–H and O–H groups in total. The first kappa shape index (κ1) is 24.2. The van der Waals surface area contributed by atoms with Crippen molar-refractivity contribution in [1.82, 2.24) is 0 Å². The number of hydrogen-bond donors (Lipinski definition) is 0. The average Bonchev–Trinajstić information content (AvgIpc) is 2.86. The Balaban J connectivity index is 1.51. The molecular formula is C30H14Cl6. The summed E-state index contributed by atoms with van der Waals surface area (Å²) >= 11 is 39.5. The molecule has 36 heavy (non-hydrogen) atoms. The van der Waals surface area contributed by atoms with Gasteiger partial charge in [0.1, 0.15) is 0 Å². The van der Waals surface area contributed by atoms with E-state index >= 15 is 0 Å². The van der Waals surface area contributed by atoms with Crippen LogP contribution in [0.4, 0.5) is 0 Å². The van der Waals surface area contributed by atoms with Crippen LogP contribution in [0.1, 0.15) is 0 Å². The molecule has 6 aromatic rings. The van der Waals surface area contributed by atoms with Crippen molar-refractivity contribution in [2.75, 3.05) is 0 Å². The topological polar surface area (TPSA) is 0 Å². The minimum Gasteiger partial charge on any atom is -0.0843 e. The van der Waals surface area contributed by atoms with Crippen LogP contribution in [0.2, 0.25) is 30.1 Å². The molecule has 0 aliphatic rings. The van der Waals surface area contributed by atoms with E-state index in [1.165, 1.54) is 0 Å². The van der Waals surface area contributed by atoms with E-state index < -0.39 is 0 Å². The molecule has 0 saturated carbocycles. The van der Waals surface area contributed by atoms with Crippen LogP contribution >= 0.6 is 69.6 Å². The first-order chi connectivity index (χ1) is 17.3. The SMILES string of the molecule is Clc1cc(Cl)c2ccc(-c3cc(Cl)c4cc(-c5ccc6c(Cl)cccc6c5Cl)ccc4c3Cl)cc2c1. The molecule has 0 saturated heterocycles. The molecule has 0 spiro atoms. The lowest BCUT2D eigenvalue weighted by molar-refractivity contribution is 1.65. The van der Waals surface area contributed by atoms with Gasteiger partial charge in [-0.3, -0.25) is 0 Å². The van der Waals surface area contributed by atoms with Crippen LogP contribution in [0, 0.1) is 0 Å². The van der Waals surface area contributed by atoms with Gasteiger partial charge in [-0.25, -0.2) is 0 Å². The van der Waals surface area contributed by atoms with E-state index in [1.807, 2.05) is 78.9 Å². The summed E-state index contributed by atoms with van der Waals surface area (Å²) in [5.41, 5.74) is 3.59. The number of rotatable bonds is 2. The second kappa shape index (κ2) is 9.30. The Bertz CT molecular complexity index is 1860. The van der Waals surface area contributed by atoms with Gasteiger partial charge in [-0.1, -0.05) is 118 Å². The van der Waals surface area contributed by atoms with Crippen molar-refractivity contribution in [1.29, 1.82) is 0 Å². The van der Waals surface area contributed by atoms with Crippen LogP contribution in [0.15, 0.2) is 84.9 Å². The van der Waals surface area contributed by atoms with E-state index in [1.54, 1.807) is 6.07 Å². The number of halogens is 6. The Kier molecular flexibility index (Phi) is 6.25. The number of hydrogen-bond acceptors (Lipinski definition) is 0. The lowest BCUT2D eigenvalue weighted by Crippen LogP contribution is -1.88. The average molecular weight is 587 g/mol. The third-order valence-corrected chi connectivity index (χ3v) is 8.44. The zero-order valence-corrected chi connectivity index (χ0v) is 22.9. The van der Waals surface area contributed by atoms with Crippen molar-refractivity contribution < 1.29 is 0 Å². The first-order valence-electron chi connectivity index (χ1n) is 11.0. The Morgan fingerprint density at radius 1 is 0.389 bits per heavy atom. The molecule has 0 unspecified atom stereocenters. The van der Waals surface area contributed by atoms with Gasteiger partial charge in [0.15, 0.2) is 0 Å². The third kappa shape index (κ3) is 4.02. The van der Waals surface area contributed by atoms with E-state index in [0.717, 1.165) is 54.6 Å². The van der Waals surface area contributed by atoms with E-state index in [9.17, 15) is 0 Å². The van der Waals surface area contributed by atoms with Crippen LogP contribution in [-0.4, -0.2) is 0 Å². The van der Waals surface area contributed by atoms with E-state index in [-0.39, 0.29) is 0 Å². The van der Waals surface area contributed by atoms with Gasteiger partial charge >= 0.3 is 0 Å².